The van der Waals surface area contributed by atoms with E-state index in [1.54, 1.807) is 6.07 Å². The van der Waals surface area contributed by atoms with Crippen molar-refractivity contribution < 1.29 is 28.3 Å². The lowest BCUT2D eigenvalue weighted by molar-refractivity contribution is -0.965. The highest BCUT2D eigenvalue weighted by Crippen LogP contribution is 2.46. The minimum atomic E-state index is -0.721. The highest BCUT2D eigenvalue weighted by Gasteiger charge is 2.61. The van der Waals surface area contributed by atoms with Gasteiger partial charge >= 0.3 is 11.9 Å². The Morgan fingerprint density at radius 1 is 0.946 bits per heavy atom. The van der Waals surface area contributed by atoms with Gasteiger partial charge in [0.05, 0.1) is 31.5 Å². The molecule has 7 heteroatoms. The van der Waals surface area contributed by atoms with E-state index in [0.717, 1.165) is 61.9 Å². The molecular formula is C30H39N2O5+. The van der Waals surface area contributed by atoms with Gasteiger partial charge in [-0.2, -0.15) is 0 Å². The minimum Gasteiger partial charge on any atom is -0.465 e. The minimum absolute atomic E-state index is 0.117. The van der Waals surface area contributed by atoms with Crippen molar-refractivity contribution in [2.24, 2.45) is 0 Å². The quantitative estimate of drug-likeness (QED) is 0.398. The van der Waals surface area contributed by atoms with Gasteiger partial charge in [-0.1, -0.05) is 36.4 Å². The van der Waals surface area contributed by atoms with Crippen LogP contribution in [0, 0.1) is 13.8 Å². The van der Waals surface area contributed by atoms with Crippen molar-refractivity contribution in [1.82, 2.24) is 0 Å². The molecule has 2 aliphatic rings. The van der Waals surface area contributed by atoms with Crippen LogP contribution in [-0.2, 0) is 25.7 Å². The Hall–Kier alpha value is -3.19. The molecule has 0 unspecified atom stereocenters. The van der Waals surface area contributed by atoms with Crippen molar-refractivity contribution in [3.63, 3.8) is 0 Å². The summed E-state index contributed by atoms with van der Waals surface area (Å²) < 4.78 is 11.1. The number of rotatable bonds is 8. The van der Waals surface area contributed by atoms with E-state index < -0.39 is 11.5 Å². The van der Waals surface area contributed by atoms with Gasteiger partial charge < -0.3 is 19.3 Å². The molecule has 1 N–H and O–H groups in total. The van der Waals surface area contributed by atoms with Crippen LogP contribution in [0.25, 0.3) is 0 Å². The SMILES string of the molecule is COC(=O)c1cc(C)cc(C)c1NC(=O)C1([N+]2(CC(=O)OCc3ccccc3)CCCCCC2)CCC1. The molecule has 0 bridgehead atoms. The fourth-order valence-electron chi connectivity index (χ4n) is 6.13. The molecule has 1 aliphatic carbocycles. The molecule has 198 valence electrons. The summed E-state index contributed by atoms with van der Waals surface area (Å²) >= 11 is 0. The van der Waals surface area contributed by atoms with E-state index in [1.807, 2.05) is 50.2 Å². The highest BCUT2D eigenvalue weighted by molar-refractivity contribution is 6.05. The van der Waals surface area contributed by atoms with Gasteiger partial charge in [0.1, 0.15) is 6.61 Å². The van der Waals surface area contributed by atoms with Crippen molar-refractivity contribution in [3.8, 4) is 0 Å². The molecule has 2 aromatic carbocycles. The number of hydrogen-bond acceptors (Lipinski definition) is 5. The van der Waals surface area contributed by atoms with Gasteiger partial charge in [-0.25, -0.2) is 9.59 Å². The Kier molecular flexibility index (Phi) is 8.32. The molecule has 1 saturated heterocycles. The molecule has 1 aliphatic heterocycles. The first kappa shape index (κ1) is 26.9. The van der Waals surface area contributed by atoms with Gasteiger partial charge in [0.2, 0.25) is 0 Å². The lowest BCUT2D eigenvalue weighted by Crippen LogP contribution is -2.74. The number of anilines is 1. The molecule has 0 spiro atoms. The number of aryl methyl sites for hydroxylation is 2. The zero-order chi connectivity index (χ0) is 26.5. The molecule has 7 nitrogen and oxygen atoms in total. The maximum absolute atomic E-state index is 14.2. The largest absolute Gasteiger partial charge is 0.465 e. The molecule has 4 rings (SSSR count). The summed E-state index contributed by atoms with van der Waals surface area (Å²) in [5, 5.41) is 3.13. The number of benzene rings is 2. The summed E-state index contributed by atoms with van der Waals surface area (Å²) in [5.41, 5.74) is 2.81. The monoisotopic (exact) mass is 507 g/mol. The molecule has 1 amide bonds. The van der Waals surface area contributed by atoms with Crippen LogP contribution in [0.3, 0.4) is 0 Å². The number of ether oxygens (including phenoxy) is 2. The molecular weight excluding hydrogens is 468 g/mol. The van der Waals surface area contributed by atoms with Crippen LogP contribution in [0.5, 0.6) is 0 Å². The average molecular weight is 508 g/mol. The second-order valence-electron chi connectivity index (χ2n) is 10.6. The van der Waals surface area contributed by atoms with Crippen LogP contribution in [-0.4, -0.2) is 54.6 Å². The Balaban J connectivity index is 1.62. The first-order valence-corrected chi connectivity index (χ1v) is 13.4. The standard InChI is InChI=1S/C30H38N2O5/c1-22-18-23(2)27(25(19-22)28(34)36-3)31-29(35)30(14-11-15-30)32(16-9-4-5-10-17-32)20-26(33)37-21-24-12-7-6-8-13-24/h6-8,12-13,18-19H,4-5,9-11,14-17,20-21H2,1-3H3/p+1. The number of nitrogens with zero attached hydrogens (tertiary/aromatic N) is 1. The summed E-state index contributed by atoms with van der Waals surface area (Å²) in [7, 11) is 1.34. The predicted molar refractivity (Wildman–Crippen MR) is 142 cm³/mol. The number of amides is 1. The summed E-state index contributed by atoms with van der Waals surface area (Å²) in [5.74, 6) is -0.867. The summed E-state index contributed by atoms with van der Waals surface area (Å²) in [6.45, 7) is 5.74. The highest BCUT2D eigenvalue weighted by atomic mass is 16.5. The van der Waals surface area contributed by atoms with E-state index in [9.17, 15) is 14.4 Å². The topological polar surface area (TPSA) is 81.7 Å². The fraction of sp³-hybridized carbons (Fsp3) is 0.500. The molecule has 2 aromatic rings. The van der Waals surface area contributed by atoms with E-state index in [1.165, 1.54) is 7.11 Å². The number of carbonyl (C=O) groups excluding carboxylic acids is 3. The third kappa shape index (κ3) is 5.57. The Morgan fingerprint density at radius 3 is 2.22 bits per heavy atom. The van der Waals surface area contributed by atoms with Crippen molar-refractivity contribution in [2.75, 3.05) is 32.1 Å². The van der Waals surface area contributed by atoms with E-state index in [2.05, 4.69) is 5.32 Å². The van der Waals surface area contributed by atoms with Gasteiger partial charge in [0, 0.05) is 12.8 Å². The Bertz CT molecular complexity index is 1130. The molecule has 1 saturated carbocycles. The van der Waals surface area contributed by atoms with Crippen LogP contribution in [0.4, 0.5) is 5.69 Å². The third-order valence-electron chi connectivity index (χ3n) is 8.23. The van der Waals surface area contributed by atoms with Gasteiger partial charge in [-0.3, -0.25) is 4.79 Å². The second kappa shape index (κ2) is 11.5. The predicted octanol–water partition coefficient (Wildman–Crippen LogP) is 5.09. The number of hydrogen-bond donors (Lipinski definition) is 1. The Morgan fingerprint density at radius 2 is 1.62 bits per heavy atom. The van der Waals surface area contributed by atoms with E-state index in [-0.39, 0.29) is 25.0 Å². The van der Waals surface area contributed by atoms with Crippen LogP contribution in [0.1, 0.15) is 72.0 Å². The summed E-state index contributed by atoms with van der Waals surface area (Å²) in [6.07, 6.45) is 6.49. The van der Waals surface area contributed by atoms with E-state index in [0.29, 0.717) is 28.6 Å². The van der Waals surface area contributed by atoms with Crippen molar-refractivity contribution in [1.29, 1.82) is 0 Å². The molecule has 37 heavy (non-hydrogen) atoms. The van der Waals surface area contributed by atoms with Crippen molar-refractivity contribution in [3.05, 3.63) is 64.7 Å². The maximum atomic E-state index is 14.2. The van der Waals surface area contributed by atoms with Crippen LogP contribution in [0.2, 0.25) is 0 Å². The van der Waals surface area contributed by atoms with Crippen LogP contribution >= 0.6 is 0 Å². The van der Waals surface area contributed by atoms with Gasteiger partial charge in [0.25, 0.3) is 5.91 Å². The van der Waals surface area contributed by atoms with Gasteiger partial charge in [-0.05, 0) is 68.7 Å². The number of carbonyl (C=O) groups is 3. The van der Waals surface area contributed by atoms with E-state index >= 15 is 0 Å². The number of nitrogens with one attached hydrogen (secondary N) is 1. The number of methoxy groups -OCH3 is 1. The zero-order valence-electron chi connectivity index (χ0n) is 22.3. The average Bonchev–Trinajstić information content (AvgIpc) is 3.09. The zero-order valence-corrected chi connectivity index (χ0v) is 22.3. The van der Waals surface area contributed by atoms with E-state index in [4.69, 9.17) is 9.47 Å². The first-order valence-electron chi connectivity index (χ1n) is 13.4. The van der Waals surface area contributed by atoms with Crippen molar-refractivity contribution >= 4 is 23.5 Å². The smallest absolute Gasteiger partial charge is 0.362 e. The third-order valence-corrected chi connectivity index (χ3v) is 8.23. The Labute approximate surface area is 219 Å². The number of esters is 2. The lowest BCUT2D eigenvalue weighted by atomic mass is 9.71. The molecule has 2 fully saturated rings. The number of likely N-dealkylation sites (tertiary alicyclic amines) is 1. The maximum Gasteiger partial charge on any atom is 0.362 e. The first-order chi connectivity index (χ1) is 17.8. The summed E-state index contributed by atoms with van der Waals surface area (Å²) in [6, 6.07) is 13.4. The van der Waals surface area contributed by atoms with Gasteiger partial charge in [0.15, 0.2) is 12.1 Å². The molecule has 1 heterocycles. The lowest BCUT2D eigenvalue weighted by Gasteiger charge is -2.55. The van der Waals surface area contributed by atoms with Crippen molar-refractivity contribution in [2.45, 2.75) is 70.9 Å². The van der Waals surface area contributed by atoms with Crippen LogP contribution < -0.4 is 5.32 Å². The summed E-state index contributed by atoms with van der Waals surface area (Å²) in [4.78, 5) is 39.9. The molecule has 0 atom stereocenters. The molecule has 0 radical (unpaired) electrons. The normalized spacial score (nSPS) is 18.1. The van der Waals surface area contributed by atoms with Crippen LogP contribution in [0.15, 0.2) is 42.5 Å². The molecule has 0 aromatic heterocycles. The second-order valence-corrected chi connectivity index (χ2v) is 10.6. The van der Waals surface area contributed by atoms with Gasteiger partial charge in [-0.15, -0.1) is 0 Å². The number of quaternary nitrogens is 1. The fourth-order valence-corrected chi connectivity index (χ4v) is 6.13.